The van der Waals surface area contributed by atoms with E-state index in [2.05, 4.69) is 59.5 Å². The number of allylic oxidation sites excluding steroid dienone is 1. The van der Waals surface area contributed by atoms with Gasteiger partial charge in [-0.25, -0.2) is 9.67 Å². The van der Waals surface area contributed by atoms with Gasteiger partial charge >= 0.3 is 0 Å². The lowest BCUT2D eigenvalue weighted by Gasteiger charge is -2.43. The Morgan fingerprint density at radius 2 is 1.57 bits per heavy atom. The van der Waals surface area contributed by atoms with Gasteiger partial charge in [-0.2, -0.15) is 0 Å². The smallest absolute Gasteiger partial charge is 0.262 e. The molecule has 1 N–H and O–H groups in total. The predicted molar refractivity (Wildman–Crippen MR) is 264 cm³/mol. The Bertz CT molecular complexity index is 2840. The average Bonchev–Trinajstić information content (AvgIpc) is 4.09. The van der Waals surface area contributed by atoms with E-state index < -0.39 is 17.9 Å². The molecule has 0 radical (unpaired) electrons. The number of aromatic nitrogens is 5. The molecule has 0 spiro atoms. The van der Waals surface area contributed by atoms with Gasteiger partial charge in [0.15, 0.2) is 5.78 Å². The number of rotatable bonds is 10. The maximum Gasteiger partial charge on any atom is 0.262 e. The van der Waals surface area contributed by atoms with Crippen LogP contribution < -0.4 is 20.0 Å². The summed E-state index contributed by atoms with van der Waals surface area (Å²) in [6.45, 7) is 15.9. The van der Waals surface area contributed by atoms with Gasteiger partial charge in [-0.3, -0.25) is 38.8 Å². The number of anilines is 4. The van der Waals surface area contributed by atoms with E-state index >= 15 is 0 Å². The van der Waals surface area contributed by atoms with E-state index in [0.717, 1.165) is 116 Å². The van der Waals surface area contributed by atoms with Gasteiger partial charge in [0, 0.05) is 99.7 Å². The molecule has 2 aromatic heterocycles. The molecule has 2 aromatic carbocycles. The number of hydrogen-bond donors (Lipinski definition) is 1. The number of imide groups is 1. The van der Waals surface area contributed by atoms with Crippen LogP contribution in [0.4, 0.5) is 23.1 Å². The highest BCUT2D eigenvalue weighted by Crippen LogP contribution is 2.36. The van der Waals surface area contributed by atoms with Crippen molar-refractivity contribution in [3.8, 4) is 0 Å². The molecule has 7 aliphatic rings. The summed E-state index contributed by atoms with van der Waals surface area (Å²) in [5.41, 5.74) is 7.84. The first-order valence-corrected chi connectivity index (χ1v) is 25.1. The van der Waals surface area contributed by atoms with Crippen molar-refractivity contribution in [1.82, 2.24) is 39.9 Å². The van der Waals surface area contributed by atoms with Crippen molar-refractivity contribution in [3.05, 3.63) is 93.8 Å². The summed E-state index contributed by atoms with van der Waals surface area (Å²) in [6.07, 6.45) is 6.67. The number of likely N-dealkylation sites (tertiary alicyclic amines) is 1. The lowest BCUT2D eigenvalue weighted by atomic mass is 9.91. The maximum atomic E-state index is 13.7. The summed E-state index contributed by atoms with van der Waals surface area (Å²) >= 11 is 0. The summed E-state index contributed by atoms with van der Waals surface area (Å²) in [7, 11) is 1.86. The van der Waals surface area contributed by atoms with Crippen LogP contribution in [0.5, 0.6) is 0 Å². The van der Waals surface area contributed by atoms with Crippen LogP contribution in [0.25, 0.3) is 0 Å². The zero-order valence-corrected chi connectivity index (χ0v) is 40.5. The lowest BCUT2D eigenvalue weighted by Crippen LogP contribution is -2.54. The Hall–Kier alpha value is -6.66. The van der Waals surface area contributed by atoms with Crippen LogP contribution in [-0.4, -0.2) is 153 Å². The van der Waals surface area contributed by atoms with Crippen molar-refractivity contribution in [2.45, 2.75) is 90.4 Å². The molecule has 18 nitrogen and oxygen atoms in total. The molecule has 4 fully saturated rings. The number of tetrazole rings is 1. The highest BCUT2D eigenvalue weighted by molar-refractivity contribution is 6.24. The van der Waals surface area contributed by atoms with E-state index in [4.69, 9.17) is 9.98 Å². The molecular formula is C52H61N13O5. The molecule has 364 valence electrons. The number of amides is 3. The summed E-state index contributed by atoms with van der Waals surface area (Å²) in [6, 6.07) is 14.9. The van der Waals surface area contributed by atoms with Crippen LogP contribution in [-0.2, 0) is 20.9 Å². The quantitative estimate of drug-likeness (QED) is 0.169. The maximum absolute atomic E-state index is 13.7. The summed E-state index contributed by atoms with van der Waals surface area (Å²) in [5, 5.41) is 15.2. The number of pyridine rings is 1. The fourth-order valence-corrected chi connectivity index (χ4v) is 12.0. The average molecular weight is 948 g/mol. The highest BCUT2D eigenvalue weighted by atomic mass is 16.2. The molecule has 1 aliphatic carbocycles. The number of piperidine rings is 2. The Morgan fingerprint density at radius 1 is 0.800 bits per heavy atom. The van der Waals surface area contributed by atoms with Gasteiger partial charge in [0.1, 0.15) is 11.6 Å². The Balaban J connectivity index is 0.637. The number of ketones is 2. The van der Waals surface area contributed by atoms with Gasteiger partial charge in [0.05, 0.1) is 47.5 Å². The Kier molecular flexibility index (Phi) is 12.2. The predicted octanol–water partition coefficient (Wildman–Crippen LogP) is 4.77. The van der Waals surface area contributed by atoms with Gasteiger partial charge in [0.25, 0.3) is 17.7 Å². The number of aliphatic imine (C=N–C) groups is 1. The van der Waals surface area contributed by atoms with Crippen LogP contribution in [0.2, 0.25) is 0 Å². The normalized spacial score (nSPS) is 23.8. The minimum Gasteiger partial charge on any atom is -0.371 e. The van der Waals surface area contributed by atoms with E-state index in [1.165, 1.54) is 12.8 Å². The number of Topliss-reactive ketones (excluding diaryl/α,β-unsaturated/α-hetero) is 2. The highest BCUT2D eigenvalue weighted by Gasteiger charge is 2.45. The van der Waals surface area contributed by atoms with E-state index in [1.807, 2.05) is 62.3 Å². The molecule has 0 bridgehead atoms. The van der Waals surface area contributed by atoms with Gasteiger partial charge in [-0.15, -0.1) is 0 Å². The molecule has 3 saturated heterocycles. The van der Waals surface area contributed by atoms with E-state index in [-0.39, 0.29) is 42.8 Å². The Morgan fingerprint density at radius 3 is 2.36 bits per heavy atom. The second-order valence-corrected chi connectivity index (χ2v) is 20.5. The largest absolute Gasteiger partial charge is 0.371 e. The van der Waals surface area contributed by atoms with Crippen molar-refractivity contribution in [2.75, 3.05) is 86.0 Å². The van der Waals surface area contributed by atoms with Gasteiger partial charge in [-0.05, 0) is 136 Å². The van der Waals surface area contributed by atoms with Crippen LogP contribution in [0.15, 0.2) is 71.0 Å². The monoisotopic (exact) mass is 947 g/mol. The number of nitrogens with zero attached hydrogens (tertiary/aromatic N) is 12. The molecule has 70 heavy (non-hydrogen) atoms. The fourth-order valence-electron chi connectivity index (χ4n) is 12.0. The first-order chi connectivity index (χ1) is 33.9. The van der Waals surface area contributed by atoms with Crippen molar-refractivity contribution >= 4 is 58.1 Å². The number of benzene rings is 2. The van der Waals surface area contributed by atoms with E-state index in [0.29, 0.717) is 52.8 Å². The van der Waals surface area contributed by atoms with Crippen molar-refractivity contribution in [3.63, 3.8) is 0 Å². The topological polar surface area (TPSA) is 186 Å². The SMILES string of the molecule is CC1=C(C(=O)Nc2ccc3c(c2)C(c2ccnc(N4CCN(CC5CCN(CC6CCN(c7ccc8c(c7)C(=O)N(C7CCC(=O)CC7=O)C8=O)CC6)CC5)[C@@H](C)C4)c2)=NC3)[C@H](C)n2nnnc2N1C. The molecule has 4 aromatic rings. The minimum atomic E-state index is -0.851. The molecular weight excluding hydrogens is 887 g/mol. The molecule has 6 aliphatic heterocycles. The third kappa shape index (κ3) is 8.47. The summed E-state index contributed by atoms with van der Waals surface area (Å²) in [5.74, 6) is 1.34. The number of carbonyl (C=O) groups excluding carboxylic acids is 5. The molecule has 11 rings (SSSR count). The first kappa shape index (κ1) is 45.8. The van der Waals surface area contributed by atoms with Gasteiger partial charge in [-0.1, -0.05) is 11.2 Å². The third-order valence-electron chi connectivity index (χ3n) is 16.2. The fraction of sp³-hybridized carbons (Fsp3) is 0.500. The first-order valence-electron chi connectivity index (χ1n) is 25.1. The van der Waals surface area contributed by atoms with Crippen LogP contribution in [0.3, 0.4) is 0 Å². The minimum absolute atomic E-state index is 0.132. The third-order valence-corrected chi connectivity index (χ3v) is 16.2. The molecule has 8 heterocycles. The summed E-state index contributed by atoms with van der Waals surface area (Å²) in [4.78, 5) is 87.6. The molecule has 3 atom stereocenters. The van der Waals surface area contributed by atoms with Crippen molar-refractivity contribution < 1.29 is 24.0 Å². The van der Waals surface area contributed by atoms with Crippen molar-refractivity contribution in [1.29, 1.82) is 0 Å². The van der Waals surface area contributed by atoms with E-state index in [9.17, 15) is 24.0 Å². The standard InChI is InChI=1S/C52H61N13O5/c1-31-28-63(46-23-36(11-16-53-46)48-42-24-38(6-5-37(42)27-54-48)55-49(68)47-32(2)59(4)52-56-57-58-65(52)33(47)3)22-21-62(31)30-35-12-17-60(18-13-35)29-34-14-19-61(20-15-34)39-7-9-41-43(25-39)51(70)64(50(41)69)44-10-8-40(66)26-45(44)67/h5-7,9,11,16,23-25,31,33-35,44H,8,10,12-15,17-22,26-30H2,1-4H3,(H,55,68)/t31-,33-,44?/m0/s1. The molecule has 1 unspecified atom stereocenters. The van der Waals surface area contributed by atoms with Crippen LogP contribution >= 0.6 is 0 Å². The zero-order valence-electron chi connectivity index (χ0n) is 40.5. The summed E-state index contributed by atoms with van der Waals surface area (Å²) < 4.78 is 1.67. The molecule has 18 heteroatoms. The number of piperazine rings is 1. The molecule has 3 amide bonds. The zero-order chi connectivity index (χ0) is 48.4. The second-order valence-electron chi connectivity index (χ2n) is 20.5. The second kappa shape index (κ2) is 18.6. The molecule has 1 saturated carbocycles. The lowest BCUT2D eigenvalue weighted by molar-refractivity contribution is -0.132. The van der Waals surface area contributed by atoms with E-state index in [1.54, 1.807) is 10.7 Å². The van der Waals surface area contributed by atoms with Crippen LogP contribution in [0.1, 0.15) is 109 Å². The van der Waals surface area contributed by atoms with Crippen LogP contribution in [0, 0.1) is 11.8 Å². The number of hydrogen-bond acceptors (Lipinski definition) is 15. The van der Waals surface area contributed by atoms with Crippen molar-refractivity contribution in [2.24, 2.45) is 16.8 Å². The van der Waals surface area contributed by atoms with Gasteiger partial charge < -0.3 is 24.9 Å². The van der Waals surface area contributed by atoms with Gasteiger partial charge in [0.2, 0.25) is 5.95 Å². The Labute approximate surface area is 407 Å². The number of fused-ring (bicyclic) bond motifs is 3. The number of nitrogens with one attached hydrogen (secondary N) is 1. The number of carbonyl (C=O) groups is 5.